The van der Waals surface area contributed by atoms with Crippen LogP contribution in [0.3, 0.4) is 0 Å². The Morgan fingerprint density at radius 2 is 0.902 bits per heavy atom. The van der Waals surface area contributed by atoms with Crippen molar-refractivity contribution in [3.8, 4) is 44.8 Å². The lowest BCUT2D eigenvalue weighted by atomic mass is 9.92. The average molecular weight is 800 g/mol. The van der Waals surface area contributed by atoms with E-state index >= 15 is 0 Å². The maximum atomic E-state index is 14.9. The molecular formula is C55H40F3N3. The predicted octanol–water partition coefficient (Wildman–Crippen LogP) is 16.0. The van der Waals surface area contributed by atoms with E-state index < -0.39 is 11.7 Å². The zero-order chi connectivity index (χ0) is 42.3. The van der Waals surface area contributed by atoms with Crippen molar-refractivity contribution in [2.75, 3.05) is 0 Å². The van der Waals surface area contributed by atoms with Crippen LogP contribution in [0.2, 0.25) is 0 Å². The highest BCUT2D eigenvalue weighted by atomic mass is 19.4. The standard InChI is InChI=1S/C55H40F3N3/c1-32-22-33(2)25-39(24-32)37-18-20-50-43(28-37)41-13-7-9-16-48(41)60(50)52-30-45(54-36(5)12-11-15-46(54)55(56,57)58)47(59-6)31-53(52)61-49-17-10-8-14-42(49)44-29-38(19-21-51(44)61)40-26-34(3)23-35(4)27-40/h7-31H,1-5H3. The number of hydrogen-bond acceptors (Lipinski definition) is 0. The van der Waals surface area contributed by atoms with Crippen LogP contribution < -0.4 is 0 Å². The minimum absolute atomic E-state index is 0.00647. The van der Waals surface area contributed by atoms with Gasteiger partial charge in [-0.05, 0) is 128 Å². The molecular weight excluding hydrogens is 760 g/mol. The second-order valence-electron chi connectivity index (χ2n) is 16.4. The summed E-state index contributed by atoms with van der Waals surface area (Å²) < 4.78 is 49.1. The highest BCUT2D eigenvalue weighted by Crippen LogP contribution is 2.47. The van der Waals surface area contributed by atoms with Crippen LogP contribution in [0.25, 0.3) is 93.2 Å². The Balaban J connectivity index is 1.34. The molecule has 3 nitrogen and oxygen atoms in total. The van der Waals surface area contributed by atoms with Gasteiger partial charge in [-0.3, -0.25) is 0 Å². The third-order valence-electron chi connectivity index (χ3n) is 12.0. The predicted molar refractivity (Wildman–Crippen MR) is 246 cm³/mol. The number of aromatic nitrogens is 2. The Kier molecular flexibility index (Phi) is 8.78. The smallest absolute Gasteiger partial charge is 0.308 e. The zero-order valence-corrected chi connectivity index (χ0v) is 34.4. The van der Waals surface area contributed by atoms with Gasteiger partial charge in [0.05, 0.1) is 45.6 Å². The van der Waals surface area contributed by atoms with E-state index in [1.807, 2.05) is 30.3 Å². The summed E-state index contributed by atoms with van der Waals surface area (Å²) in [5.41, 5.74) is 14.1. The molecule has 0 saturated carbocycles. The molecule has 8 aromatic carbocycles. The number of alkyl halides is 3. The van der Waals surface area contributed by atoms with Crippen LogP contribution in [0, 0.1) is 41.2 Å². The molecule has 0 aliphatic heterocycles. The van der Waals surface area contributed by atoms with Crippen LogP contribution in [-0.4, -0.2) is 9.13 Å². The van der Waals surface area contributed by atoms with Crippen molar-refractivity contribution in [2.45, 2.75) is 40.8 Å². The van der Waals surface area contributed by atoms with Crippen LogP contribution >= 0.6 is 0 Å². The topological polar surface area (TPSA) is 14.2 Å². The third kappa shape index (κ3) is 6.28. The largest absolute Gasteiger partial charge is 0.416 e. The van der Waals surface area contributed by atoms with Crippen molar-refractivity contribution in [1.29, 1.82) is 0 Å². The molecule has 0 amide bonds. The quantitative estimate of drug-likeness (QED) is 0.154. The van der Waals surface area contributed by atoms with E-state index in [0.29, 0.717) is 16.9 Å². The first-order valence-electron chi connectivity index (χ1n) is 20.3. The molecule has 0 aliphatic rings. The first-order chi connectivity index (χ1) is 29.4. The Morgan fingerprint density at radius 1 is 0.443 bits per heavy atom. The number of halogens is 3. The fourth-order valence-electron chi connectivity index (χ4n) is 9.58. The van der Waals surface area contributed by atoms with Gasteiger partial charge in [-0.15, -0.1) is 0 Å². The maximum absolute atomic E-state index is 14.9. The summed E-state index contributed by atoms with van der Waals surface area (Å²) in [7, 11) is 0. The Labute approximate surface area is 352 Å². The SMILES string of the molecule is [C-]#[N+]c1cc(-n2c3ccccc3c3cc(-c4cc(C)cc(C)c4)ccc32)c(-n2c3ccccc3c3cc(-c4cc(C)cc(C)c4)ccc32)cc1-c1c(C)cccc1C(F)(F)F. The van der Waals surface area contributed by atoms with Gasteiger partial charge in [0.1, 0.15) is 0 Å². The molecule has 0 N–H and O–H groups in total. The second kappa shape index (κ2) is 14.1. The van der Waals surface area contributed by atoms with Crippen molar-refractivity contribution in [2.24, 2.45) is 0 Å². The van der Waals surface area contributed by atoms with Gasteiger partial charge in [0.2, 0.25) is 0 Å². The monoisotopic (exact) mass is 799 g/mol. The van der Waals surface area contributed by atoms with E-state index in [-0.39, 0.29) is 16.8 Å². The van der Waals surface area contributed by atoms with Gasteiger partial charge in [0, 0.05) is 21.5 Å². The third-order valence-corrected chi connectivity index (χ3v) is 12.0. The molecule has 0 spiro atoms. The molecule has 6 heteroatoms. The van der Waals surface area contributed by atoms with E-state index in [9.17, 15) is 13.2 Å². The van der Waals surface area contributed by atoms with E-state index in [0.717, 1.165) is 71.9 Å². The Morgan fingerprint density at radius 3 is 1.38 bits per heavy atom. The fourth-order valence-corrected chi connectivity index (χ4v) is 9.58. The Hall–Kier alpha value is -7.36. The Bertz CT molecular complexity index is 3440. The van der Waals surface area contributed by atoms with E-state index in [1.54, 1.807) is 19.1 Å². The van der Waals surface area contributed by atoms with Crippen molar-refractivity contribution < 1.29 is 13.2 Å². The molecule has 0 saturated heterocycles. The summed E-state index contributed by atoms with van der Waals surface area (Å²) >= 11 is 0. The molecule has 0 unspecified atom stereocenters. The lowest BCUT2D eigenvalue weighted by Crippen LogP contribution is -2.09. The van der Waals surface area contributed by atoms with Gasteiger partial charge >= 0.3 is 6.18 Å². The summed E-state index contributed by atoms with van der Waals surface area (Å²) in [6, 6.07) is 50.3. The minimum Gasteiger partial charge on any atom is -0.308 e. The molecule has 0 bridgehead atoms. The molecule has 0 radical (unpaired) electrons. The summed E-state index contributed by atoms with van der Waals surface area (Å²) in [4.78, 5) is 3.98. The summed E-state index contributed by atoms with van der Waals surface area (Å²) in [6.07, 6.45) is -4.64. The first kappa shape index (κ1) is 37.9. The molecule has 0 aliphatic carbocycles. The van der Waals surface area contributed by atoms with Crippen molar-refractivity contribution in [3.63, 3.8) is 0 Å². The number of rotatable bonds is 5. The molecule has 296 valence electrons. The van der Waals surface area contributed by atoms with Crippen LogP contribution in [0.4, 0.5) is 18.9 Å². The van der Waals surface area contributed by atoms with Crippen LogP contribution in [0.1, 0.15) is 33.4 Å². The minimum atomic E-state index is -4.64. The summed E-state index contributed by atoms with van der Waals surface area (Å²) in [5, 5.41) is 4.09. The number of fused-ring (bicyclic) bond motifs is 6. The van der Waals surface area contributed by atoms with Gasteiger partial charge in [-0.2, -0.15) is 13.2 Å². The fraction of sp³-hybridized carbons (Fsp3) is 0.109. The van der Waals surface area contributed by atoms with E-state index in [2.05, 4.69) is 139 Å². The van der Waals surface area contributed by atoms with Gasteiger partial charge in [0.15, 0.2) is 5.69 Å². The molecule has 2 aromatic heterocycles. The summed E-state index contributed by atoms with van der Waals surface area (Å²) in [6.45, 7) is 18.6. The normalized spacial score (nSPS) is 11.9. The van der Waals surface area contributed by atoms with Gasteiger partial charge in [0.25, 0.3) is 0 Å². The molecule has 10 aromatic rings. The lowest BCUT2D eigenvalue weighted by Gasteiger charge is -2.22. The van der Waals surface area contributed by atoms with Crippen molar-refractivity contribution >= 4 is 49.3 Å². The second-order valence-corrected chi connectivity index (χ2v) is 16.4. The van der Waals surface area contributed by atoms with Crippen molar-refractivity contribution in [1.82, 2.24) is 9.13 Å². The van der Waals surface area contributed by atoms with Gasteiger partial charge in [-0.1, -0.05) is 119 Å². The van der Waals surface area contributed by atoms with E-state index in [1.165, 1.54) is 28.3 Å². The molecule has 2 heterocycles. The highest BCUT2D eigenvalue weighted by molar-refractivity contribution is 6.13. The zero-order valence-electron chi connectivity index (χ0n) is 34.4. The average Bonchev–Trinajstić information content (AvgIpc) is 3.74. The molecule has 0 atom stereocenters. The molecule has 0 fully saturated rings. The van der Waals surface area contributed by atoms with Gasteiger partial charge < -0.3 is 9.13 Å². The number of nitrogens with zero attached hydrogens (tertiary/aromatic N) is 3. The number of benzene rings is 8. The number of aryl methyl sites for hydroxylation is 5. The van der Waals surface area contributed by atoms with Crippen LogP contribution in [0.5, 0.6) is 0 Å². The first-order valence-corrected chi connectivity index (χ1v) is 20.3. The molecule has 10 rings (SSSR count). The van der Waals surface area contributed by atoms with Crippen molar-refractivity contribution in [3.05, 3.63) is 196 Å². The lowest BCUT2D eigenvalue weighted by molar-refractivity contribution is -0.137. The van der Waals surface area contributed by atoms with E-state index in [4.69, 9.17) is 6.57 Å². The maximum Gasteiger partial charge on any atom is 0.416 e. The number of hydrogen-bond donors (Lipinski definition) is 0. The highest BCUT2D eigenvalue weighted by Gasteiger charge is 2.35. The van der Waals surface area contributed by atoms with Crippen LogP contribution in [0.15, 0.2) is 152 Å². The van der Waals surface area contributed by atoms with Crippen LogP contribution in [-0.2, 0) is 6.18 Å². The van der Waals surface area contributed by atoms with Gasteiger partial charge in [-0.25, -0.2) is 4.85 Å². The molecule has 61 heavy (non-hydrogen) atoms. The summed E-state index contributed by atoms with van der Waals surface area (Å²) in [5.74, 6) is 0. The number of para-hydroxylation sites is 2.